The van der Waals surface area contributed by atoms with Crippen molar-refractivity contribution in [3.63, 3.8) is 0 Å². The summed E-state index contributed by atoms with van der Waals surface area (Å²) in [5.41, 5.74) is 4.99. The Bertz CT molecular complexity index is 1450. The molecule has 0 amide bonds. The minimum absolute atomic E-state index is 0.168. The van der Waals surface area contributed by atoms with Crippen molar-refractivity contribution >= 4 is 35.1 Å². The largest absolute Gasteiger partial charge is 0.489 e. The summed E-state index contributed by atoms with van der Waals surface area (Å²) in [5, 5.41) is 9.62. The molecule has 0 fully saturated rings. The van der Waals surface area contributed by atoms with Crippen LogP contribution in [0.15, 0.2) is 95.3 Å². The molecule has 1 aliphatic heterocycles. The first-order valence-corrected chi connectivity index (χ1v) is 13.6. The van der Waals surface area contributed by atoms with Gasteiger partial charge in [0.2, 0.25) is 11.1 Å². The highest BCUT2D eigenvalue weighted by molar-refractivity contribution is 7.98. The summed E-state index contributed by atoms with van der Waals surface area (Å²) in [6.45, 7) is 0.451. The molecule has 2 aliphatic rings. The van der Waals surface area contributed by atoms with Crippen LogP contribution >= 0.6 is 23.4 Å². The minimum Gasteiger partial charge on any atom is -0.489 e. The number of hydrogen-bond acceptors (Lipinski definition) is 6. The molecule has 4 aromatic rings. The number of fused-ring (bicyclic) bond motifs is 1. The highest BCUT2D eigenvalue weighted by Crippen LogP contribution is 2.41. The summed E-state index contributed by atoms with van der Waals surface area (Å²) in [6.07, 6.45) is 2.23. The predicted octanol–water partition coefficient (Wildman–Crippen LogP) is 6.82. The van der Waals surface area contributed by atoms with E-state index in [9.17, 15) is 4.79 Å². The lowest BCUT2D eigenvalue weighted by Gasteiger charge is -2.32. The van der Waals surface area contributed by atoms with Crippen LogP contribution in [0.5, 0.6) is 5.75 Å². The normalized spacial score (nSPS) is 16.7. The van der Waals surface area contributed by atoms with Gasteiger partial charge in [-0.2, -0.15) is 4.98 Å². The number of ketones is 1. The second-order valence-electron chi connectivity index (χ2n) is 9.12. The van der Waals surface area contributed by atoms with Crippen LogP contribution < -0.4 is 10.1 Å². The third-order valence-corrected chi connectivity index (χ3v) is 7.73. The standard InChI is InChI=1S/C29H25ClN4O2S/c30-22-13-9-19(10-14-22)17-36-23-15-11-21(12-16-23)27-26-24(7-4-8-25(26)35)31-28-32-29(33-34(27)28)37-18-20-5-2-1-3-6-20/h1-3,5-6,9-16,27H,4,7-8,17-18H2,(H,31,32,33). The van der Waals surface area contributed by atoms with Gasteiger partial charge in [-0.1, -0.05) is 78.0 Å². The molecule has 3 aromatic carbocycles. The number of anilines is 1. The van der Waals surface area contributed by atoms with Gasteiger partial charge in [-0.05, 0) is 53.8 Å². The maximum Gasteiger partial charge on any atom is 0.227 e. The Morgan fingerprint density at radius 1 is 0.973 bits per heavy atom. The number of rotatable bonds is 7. The van der Waals surface area contributed by atoms with Crippen LogP contribution in [-0.2, 0) is 17.2 Å². The maximum absolute atomic E-state index is 13.1. The number of aromatic nitrogens is 3. The lowest BCUT2D eigenvalue weighted by Crippen LogP contribution is -2.31. The Morgan fingerprint density at radius 2 is 1.76 bits per heavy atom. The topological polar surface area (TPSA) is 69.0 Å². The second-order valence-corrected chi connectivity index (χ2v) is 10.5. The van der Waals surface area contributed by atoms with Crippen molar-refractivity contribution in [3.8, 4) is 5.75 Å². The maximum atomic E-state index is 13.1. The number of halogens is 1. The van der Waals surface area contributed by atoms with Gasteiger partial charge in [0.05, 0.1) is 0 Å². The number of allylic oxidation sites excluding steroid dienone is 2. The summed E-state index contributed by atoms with van der Waals surface area (Å²) in [4.78, 5) is 17.9. The Balaban J connectivity index is 1.26. The molecule has 0 radical (unpaired) electrons. The SMILES string of the molecule is O=C1CCCC2=C1C(c1ccc(OCc3ccc(Cl)cc3)cc1)n1nc(SCc3ccccc3)nc1N2. The molecule has 2 heterocycles. The number of carbonyl (C=O) groups excluding carboxylic acids is 1. The molecule has 1 N–H and O–H groups in total. The van der Waals surface area contributed by atoms with Crippen molar-refractivity contribution in [2.24, 2.45) is 0 Å². The molecule has 37 heavy (non-hydrogen) atoms. The van der Waals surface area contributed by atoms with Crippen molar-refractivity contribution in [1.82, 2.24) is 14.8 Å². The van der Waals surface area contributed by atoms with Crippen LogP contribution in [0.25, 0.3) is 0 Å². The van der Waals surface area contributed by atoms with E-state index in [2.05, 4.69) is 17.4 Å². The molecule has 6 nitrogen and oxygen atoms in total. The second kappa shape index (κ2) is 10.4. The number of carbonyl (C=O) groups is 1. The zero-order valence-electron chi connectivity index (χ0n) is 20.1. The minimum atomic E-state index is -0.317. The quantitative estimate of drug-likeness (QED) is 0.265. The summed E-state index contributed by atoms with van der Waals surface area (Å²) in [5.74, 6) is 2.38. The van der Waals surface area contributed by atoms with Crippen molar-refractivity contribution in [2.45, 2.75) is 42.8 Å². The van der Waals surface area contributed by atoms with E-state index in [0.717, 1.165) is 46.7 Å². The fourth-order valence-electron chi connectivity index (χ4n) is 4.72. The van der Waals surface area contributed by atoms with Crippen molar-refractivity contribution < 1.29 is 9.53 Å². The van der Waals surface area contributed by atoms with E-state index in [4.69, 9.17) is 26.4 Å². The summed E-state index contributed by atoms with van der Waals surface area (Å²) in [7, 11) is 0. The van der Waals surface area contributed by atoms with Gasteiger partial charge in [0.1, 0.15) is 18.4 Å². The number of nitrogens with one attached hydrogen (secondary N) is 1. The van der Waals surface area contributed by atoms with Crippen LogP contribution in [0.3, 0.4) is 0 Å². The fourth-order valence-corrected chi connectivity index (χ4v) is 5.63. The van der Waals surface area contributed by atoms with Gasteiger partial charge in [-0.3, -0.25) is 4.79 Å². The van der Waals surface area contributed by atoms with Crippen LogP contribution in [0.4, 0.5) is 5.95 Å². The Morgan fingerprint density at radius 3 is 2.54 bits per heavy atom. The first-order chi connectivity index (χ1) is 18.1. The van der Waals surface area contributed by atoms with E-state index in [-0.39, 0.29) is 11.8 Å². The predicted molar refractivity (Wildman–Crippen MR) is 146 cm³/mol. The van der Waals surface area contributed by atoms with E-state index >= 15 is 0 Å². The number of ether oxygens (including phenoxy) is 1. The summed E-state index contributed by atoms with van der Waals surface area (Å²) < 4.78 is 7.84. The molecule has 0 bridgehead atoms. The Kier molecular flexibility index (Phi) is 6.72. The van der Waals surface area contributed by atoms with Crippen LogP contribution in [0.1, 0.15) is 42.0 Å². The molecular weight excluding hydrogens is 504 g/mol. The number of benzene rings is 3. The van der Waals surface area contributed by atoms with Crippen LogP contribution in [0, 0.1) is 0 Å². The first-order valence-electron chi connectivity index (χ1n) is 12.3. The third kappa shape index (κ3) is 5.15. The molecule has 6 rings (SSSR count). The average Bonchev–Trinajstić information content (AvgIpc) is 3.34. The van der Waals surface area contributed by atoms with Gasteiger partial charge in [-0.25, -0.2) is 4.68 Å². The molecule has 1 aliphatic carbocycles. The molecule has 0 saturated heterocycles. The van der Waals surface area contributed by atoms with E-state index in [1.54, 1.807) is 11.8 Å². The lowest BCUT2D eigenvalue weighted by molar-refractivity contribution is -0.116. The van der Waals surface area contributed by atoms with E-state index in [0.29, 0.717) is 29.2 Å². The van der Waals surface area contributed by atoms with Gasteiger partial charge in [-0.15, -0.1) is 5.10 Å². The lowest BCUT2D eigenvalue weighted by atomic mass is 9.85. The molecule has 1 aromatic heterocycles. The molecule has 1 unspecified atom stereocenters. The first kappa shape index (κ1) is 23.8. The van der Waals surface area contributed by atoms with Crippen molar-refractivity contribution in [1.29, 1.82) is 0 Å². The van der Waals surface area contributed by atoms with Gasteiger partial charge >= 0.3 is 0 Å². The molecule has 8 heteroatoms. The van der Waals surface area contributed by atoms with Crippen molar-refractivity contribution in [3.05, 3.63) is 112 Å². The number of Topliss-reactive ketones (excluding diaryl/α,β-unsaturated/α-hetero) is 1. The zero-order valence-corrected chi connectivity index (χ0v) is 21.6. The molecule has 0 spiro atoms. The van der Waals surface area contributed by atoms with Crippen molar-refractivity contribution in [2.75, 3.05) is 5.32 Å². The van der Waals surface area contributed by atoms with Gasteiger partial charge in [0.15, 0.2) is 5.78 Å². The smallest absolute Gasteiger partial charge is 0.227 e. The number of nitrogens with zero attached hydrogens (tertiary/aromatic N) is 3. The van der Waals surface area contributed by atoms with Gasteiger partial charge in [0, 0.05) is 28.5 Å². The zero-order chi connectivity index (χ0) is 25.2. The Labute approximate surface area is 224 Å². The highest BCUT2D eigenvalue weighted by Gasteiger charge is 2.36. The highest BCUT2D eigenvalue weighted by atomic mass is 35.5. The average molecular weight is 529 g/mol. The third-order valence-electron chi connectivity index (χ3n) is 6.57. The molecule has 1 atom stereocenters. The molecular formula is C29H25ClN4O2S. The monoisotopic (exact) mass is 528 g/mol. The fraction of sp³-hybridized carbons (Fsp3) is 0.207. The van der Waals surface area contributed by atoms with E-state index in [1.807, 2.05) is 71.4 Å². The Hall–Kier alpha value is -3.55. The summed E-state index contributed by atoms with van der Waals surface area (Å²) in [6, 6.07) is 25.5. The van der Waals surface area contributed by atoms with E-state index < -0.39 is 0 Å². The number of thioether (sulfide) groups is 1. The van der Waals surface area contributed by atoms with Crippen LogP contribution in [-0.4, -0.2) is 20.5 Å². The molecule has 0 saturated carbocycles. The van der Waals surface area contributed by atoms with Crippen LogP contribution in [0.2, 0.25) is 5.02 Å². The summed E-state index contributed by atoms with van der Waals surface area (Å²) >= 11 is 7.57. The molecule has 186 valence electrons. The van der Waals surface area contributed by atoms with E-state index in [1.165, 1.54) is 5.56 Å². The van der Waals surface area contributed by atoms with Gasteiger partial charge in [0.25, 0.3) is 0 Å². The number of hydrogen-bond donors (Lipinski definition) is 1. The van der Waals surface area contributed by atoms with Gasteiger partial charge < -0.3 is 10.1 Å².